The number of ether oxygens (including phenoxy) is 2. The van der Waals surface area contributed by atoms with Crippen molar-refractivity contribution in [2.24, 2.45) is 0 Å². The molecule has 1 N–H and O–H groups in total. The minimum absolute atomic E-state index is 0.0455. The third kappa shape index (κ3) is 2.49. The first-order valence-corrected chi connectivity index (χ1v) is 6.71. The summed E-state index contributed by atoms with van der Waals surface area (Å²) in [7, 11) is 0. The summed E-state index contributed by atoms with van der Waals surface area (Å²) in [5.41, 5.74) is 1.14. The number of aryl methyl sites for hydroxylation is 1. The minimum atomic E-state index is 0.0455. The van der Waals surface area contributed by atoms with Crippen molar-refractivity contribution in [1.82, 2.24) is 10.3 Å². The smallest absolute Gasteiger partial charge is 0.231 e. The number of hydrogen-bond acceptors (Lipinski definition) is 5. The second-order valence-electron chi connectivity index (χ2n) is 5.03. The predicted molar refractivity (Wildman–Crippen MR) is 73.8 cm³/mol. The standard InChI is InChI=1S/C15H18N2O3/c1-9-7-16-15(20-9)11(3)17-10(2)12-4-5-13-14(6-12)19-8-18-13/h4-7,10-11,17H,8H2,1-3H3. The van der Waals surface area contributed by atoms with E-state index in [0.717, 1.165) is 22.8 Å². The SMILES string of the molecule is Cc1cnc(C(C)NC(C)c2ccc3c(c2)OCO3)o1. The van der Waals surface area contributed by atoms with E-state index < -0.39 is 0 Å². The van der Waals surface area contributed by atoms with Gasteiger partial charge in [-0.05, 0) is 38.5 Å². The maximum Gasteiger partial charge on any atom is 0.231 e. The van der Waals surface area contributed by atoms with E-state index in [-0.39, 0.29) is 12.1 Å². The molecule has 1 aliphatic rings. The Kier molecular flexibility index (Phi) is 3.36. The first-order chi connectivity index (χ1) is 9.63. The number of nitrogens with zero attached hydrogens (tertiary/aromatic N) is 1. The lowest BCUT2D eigenvalue weighted by Gasteiger charge is -2.18. The van der Waals surface area contributed by atoms with Gasteiger partial charge in [0, 0.05) is 6.04 Å². The monoisotopic (exact) mass is 274 g/mol. The minimum Gasteiger partial charge on any atom is -0.454 e. The maximum atomic E-state index is 5.54. The van der Waals surface area contributed by atoms with Crippen LogP contribution in [0.2, 0.25) is 0 Å². The van der Waals surface area contributed by atoms with Gasteiger partial charge in [-0.3, -0.25) is 5.32 Å². The van der Waals surface area contributed by atoms with Crippen LogP contribution in [0.5, 0.6) is 11.5 Å². The zero-order valence-corrected chi connectivity index (χ0v) is 11.8. The van der Waals surface area contributed by atoms with Crippen LogP contribution in [0.25, 0.3) is 0 Å². The molecule has 0 saturated heterocycles. The van der Waals surface area contributed by atoms with E-state index in [2.05, 4.69) is 17.2 Å². The highest BCUT2D eigenvalue weighted by atomic mass is 16.7. The molecule has 0 bridgehead atoms. The van der Waals surface area contributed by atoms with Gasteiger partial charge in [0.2, 0.25) is 12.7 Å². The van der Waals surface area contributed by atoms with E-state index in [4.69, 9.17) is 13.9 Å². The quantitative estimate of drug-likeness (QED) is 0.928. The molecule has 20 heavy (non-hydrogen) atoms. The molecule has 1 aliphatic heterocycles. The number of benzene rings is 1. The number of oxazole rings is 1. The van der Waals surface area contributed by atoms with Gasteiger partial charge in [0.1, 0.15) is 5.76 Å². The third-order valence-electron chi connectivity index (χ3n) is 3.41. The Morgan fingerprint density at radius 1 is 1.15 bits per heavy atom. The van der Waals surface area contributed by atoms with Crippen LogP contribution in [0.3, 0.4) is 0 Å². The van der Waals surface area contributed by atoms with E-state index in [0.29, 0.717) is 12.7 Å². The van der Waals surface area contributed by atoms with Crippen molar-refractivity contribution in [3.8, 4) is 11.5 Å². The molecule has 1 aromatic heterocycles. The molecule has 0 aliphatic carbocycles. The van der Waals surface area contributed by atoms with Crippen molar-refractivity contribution >= 4 is 0 Å². The summed E-state index contributed by atoms with van der Waals surface area (Å²) in [4.78, 5) is 4.25. The van der Waals surface area contributed by atoms with Crippen molar-refractivity contribution in [1.29, 1.82) is 0 Å². The summed E-state index contributed by atoms with van der Waals surface area (Å²) in [5.74, 6) is 3.13. The van der Waals surface area contributed by atoms with E-state index in [1.807, 2.05) is 32.0 Å². The molecule has 106 valence electrons. The highest BCUT2D eigenvalue weighted by Gasteiger charge is 2.18. The van der Waals surface area contributed by atoms with E-state index in [9.17, 15) is 0 Å². The summed E-state index contributed by atoms with van der Waals surface area (Å²) >= 11 is 0. The van der Waals surface area contributed by atoms with Gasteiger partial charge < -0.3 is 13.9 Å². The molecule has 0 spiro atoms. The lowest BCUT2D eigenvalue weighted by Crippen LogP contribution is -2.22. The number of fused-ring (bicyclic) bond motifs is 1. The molecule has 0 saturated carbocycles. The molecule has 5 heteroatoms. The van der Waals surface area contributed by atoms with Gasteiger partial charge in [-0.25, -0.2) is 4.98 Å². The third-order valence-corrected chi connectivity index (χ3v) is 3.41. The fourth-order valence-corrected chi connectivity index (χ4v) is 2.30. The van der Waals surface area contributed by atoms with Gasteiger partial charge in [-0.2, -0.15) is 0 Å². The van der Waals surface area contributed by atoms with E-state index in [1.54, 1.807) is 6.20 Å². The van der Waals surface area contributed by atoms with Gasteiger partial charge in [0.25, 0.3) is 0 Å². The van der Waals surface area contributed by atoms with Crippen LogP contribution in [-0.4, -0.2) is 11.8 Å². The topological polar surface area (TPSA) is 56.5 Å². The number of hydrogen-bond donors (Lipinski definition) is 1. The molecule has 0 fully saturated rings. The molecule has 0 amide bonds. The highest BCUT2D eigenvalue weighted by Crippen LogP contribution is 2.34. The summed E-state index contributed by atoms with van der Waals surface area (Å²) < 4.78 is 16.3. The molecule has 2 unspecified atom stereocenters. The van der Waals surface area contributed by atoms with Crippen LogP contribution < -0.4 is 14.8 Å². The summed E-state index contributed by atoms with van der Waals surface area (Å²) in [6, 6.07) is 6.19. The molecule has 5 nitrogen and oxygen atoms in total. The lowest BCUT2D eigenvalue weighted by molar-refractivity contribution is 0.174. The Hall–Kier alpha value is -2.01. The highest BCUT2D eigenvalue weighted by molar-refractivity contribution is 5.45. The van der Waals surface area contributed by atoms with Gasteiger partial charge >= 0.3 is 0 Å². The molecule has 2 atom stereocenters. The molecule has 2 aromatic rings. The zero-order valence-electron chi connectivity index (χ0n) is 11.8. The predicted octanol–water partition coefficient (Wildman–Crippen LogP) is 3.12. The molecule has 0 radical (unpaired) electrons. The molecular formula is C15H18N2O3. The fourth-order valence-electron chi connectivity index (χ4n) is 2.30. The first kappa shape index (κ1) is 13.0. The largest absolute Gasteiger partial charge is 0.454 e. The summed E-state index contributed by atoms with van der Waals surface area (Å²) in [5, 5.41) is 3.46. The Bertz CT molecular complexity index is 609. The number of rotatable bonds is 4. The normalized spacial score (nSPS) is 16.1. The Labute approximate surface area is 117 Å². The zero-order chi connectivity index (χ0) is 14.1. The number of nitrogens with one attached hydrogen (secondary N) is 1. The number of aromatic nitrogens is 1. The van der Waals surface area contributed by atoms with Gasteiger partial charge in [0.05, 0.1) is 12.2 Å². The fraction of sp³-hybridized carbons (Fsp3) is 0.400. The van der Waals surface area contributed by atoms with Crippen LogP contribution >= 0.6 is 0 Å². The lowest BCUT2D eigenvalue weighted by atomic mass is 10.1. The first-order valence-electron chi connectivity index (χ1n) is 6.71. The maximum absolute atomic E-state index is 5.54. The van der Waals surface area contributed by atoms with Crippen LogP contribution in [0, 0.1) is 6.92 Å². The van der Waals surface area contributed by atoms with Crippen molar-refractivity contribution in [3.05, 3.63) is 41.6 Å². The second-order valence-corrected chi connectivity index (χ2v) is 5.03. The molecule has 3 rings (SSSR count). The average molecular weight is 274 g/mol. The van der Waals surface area contributed by atoms with Crippen molar-refractivity contribution in [3.63, 3.8) is 0 Å². The van der Waals surface area contributed by atoms with Crippen molar-refractivity contribution < 1.29 is 13.9 Å². The van der Waals surface area contributed by atoms with Crippen molar-refractivity contribution in [2.75, 3.05) is 6.79 Å². The van der Waals surface area contributed by atoms with Gasteiger partial charge in [-0.1, -0.05) is 6.07 Å². The van der Waals surface area contributed by atoms with Crippen molar-refractivity contribution in [2.45, 2.75) is 32.9 Å². The summed E-state index contributed by atoms with van der Waals surface area (Å²) in [6.45, 7) is 6.33. The van der Waals surface area contributed by atoms with Gasteiger partial charge in [0.15, 0.2) is 11.5 Å². The Morgan fingerprint density at radius 2 is 1.95 bits per heavy atom. The van der Waals surface area contributed by atoms with Gasteiger partial charge in [-0.15, -0.1) is 0 Å². The van der Waals surface area contributed by atoms with Crippen LogP contribution in [0.4, 0.5) is 0 Å². The van der Waals surface area contributed by atoms with Crippen LogP contribution in [0.1, 0.15) is 43.1 Å². The molecule has 2 heterocycles. The average Bonchev–Trinajstić information content (AvgIpc) is 3.05. The van der Waals surface area contributed by atoms with Crippen LogP contribution in [-0.2, 0) is 0 Å². The molecular weight excluding hydrogens is 256 g/mol. The van der Waals surface area contributed by atoms with Crippen LogP contribution in [0.15, 0.2) is 28.8 Å². The Morgan fingerprint density at radius 3 is 2.70 bits per heavy atom. The van der Waals surface area contributed by atoms with E-state index in [1.165, 1.54) is 0 Å². The summed E-state index contributed by atoms with van der Waals surface area (Å²) in [6.07, 6.45) is 1.73. The molecule has 1 aromatic carbocycles. The van der Waals surface area contributed by atoms with E-state index >= 15 is 0 Å². The second kappa shape index (κ2) is 5.17. The Balaban J connectivity index is 1.71.